The van der Waals surface area contributed by atoms with Crippen LogP contribution in [-0.4, -0.2) is 50.8 Å². The molecule has 5 nitrogen and oxygen atoms in total. The van der Waals surface area contributed by atoms with Crippen molar-refractivity contribution in [3.8, 4) is 11.5 Å². The van der Waals surface area contributed by atoms with E-state index in [2.05, 4.69) is 36.4 Å². The van der Waals surface area contributed by atoms with E-state index in [1.807, 2.05) is 0 Å². The van der Waals surface area contributed by atoms with Crippen LogP contribution < -0.4 is 14.8 Å². The molecule has 5 heteroatoms. The Hall–Kier alpha value is -2.01. The summed E-state index contributed by atoms with van der Waals surface area (Å²) in [6, 6.07) is 4.17. The molecule has 1 aromatic heterocycles. The molecule has 1 aromatic carbocycles. The lowest BCUT2D eigenvalue weighted by Gasteiger charge is -2.17. The van der Waals surface area contributed by atoms with Gasteiger partial charge in [-0.1, -0.05) is 0 Å². The van der Waals surface area contributed by atoms with Crippen LogP contribution >= 0.6 is 0 Å². The van der Waals surface area contributed by atoms with Crippen molar-refractivity contribution in [1.29, 1.82) is 0 Å². The zero-order chi connectivity index (χ0) is 18.8. The molecule has 1 N–H and O–H groups in total. The van der Waals surface area contributed by atoms with Crippen molar-refractivity contribution in [3.63, 3.8) is 0 Å². The van der Waals surface area contributed by atoms with Crippen molar-refractivity contribution in [3.05, 3.63) is 23.4 Å². The quantitative estimate of drug-likeness (QED) is 0.680. The molecule has 1 saturated carbocycles. The molecular weight excluding hydrogens is 338 g/mol. The van der Waals surface area contributed by atoms with E-state index in [0.717, 1.165) is 60.7 Å². The minimum atomic E-state index is 0.678. The topological polar surface area (TPSA) is 46.6 Å². The highest BCUT2D eigenvalue weighted by Crippen LogP contribution is 2.40. The Bertz CT molecular complexity index is 815. The molecule has 2 aliphatic carbocycles. The fourth-order valence-electron chi connectivity index (χ4n) is 3.88. The number of rotatable bonds is 9. The summed E-state index contributed by atoms with van der Waals surface area (Å²) in [7, 11) is 5.88. The molecule has 0 spiro atoms. The van der Waals surface area contributed by atoms with Gasteiger partial charge in [0.05, 0.1) is 19.2 Å². The summed E-state index contributed by atoms with van der Waals surface area (Å²) < 4.78 is 11.7. The van der Waals surface area contributed by atoms with Gasteiger partial charge >= 0.3 is 0 Å². The molecule has 2 aliphatic rings. The fraction of sp³-hybridized carbons (Fsp3) is 0.591. The van der Waals surface area contributed by atoms with E-state index in [1.165, 1.54) is 36.2 Å². The first kappa shape index (κ1) is 18.4. The van der Waals surface area contributed by atoms with E-state index >= 15 is 0 Å². The summed E-state index contributed by atoms with van der Waals surface area (Å²) in [5, 5.41) is 4.90. The zero-order valence-electron chi connectivity index (χ0n) is 16.8. The van der Waals surface area contributed by atoms with Crippen LogP contribution in [0.3, 0.4) is 0 Å². The Morgan fingerprint density at radius 3 is 2.78 bits per heavy atom. The minimum Gasteiger partial charge on any atom is -0.493 e. The number of pyridine rings is 1. The number of fused-ring (bicyclic) bond motifs is 2. The third kappa shape index (κ3) is 4.13. The van der Waals surface area contributed by atoms with Crippen LogP contribution in [0.25, 0.3) is 10.9 Å². The van der Waals surface area contributed by atoms with Crippen LogP contribution in [0.4, 0.5) is 5.69 Å². The molecule has 0 atom stereocenters. The van der Waals surface area contributed by atoms with Gasteiger partial charge in [-0.3, -0.25) is 4.98 Å². The molecule has 1 fully saturated rings. The number of methoxy groups -OCH3 is 1. The number of benzene rings is 1. The van der Waals surface area contributed by atoms with Crippen molar-refractivity contribution in [2.24, 2.45) is 5.92 Å². The maximum Gasteiger partial charge on any atom is 0.163 e. The van der Waals surface area contributed by atoms with E-state index in [0.29, 0.717) is 6.61 Å². The Morgan fingerprint density at radius 1 is 1.19 bits per heavy atom. The molecule has 0 radical (unpaired) electrons. The standard InChI is InChI=1S/C22H31N3O2/c1-25(2)10-5-11-27-21-13-19-17(12-20(21)26-3)22(23-14-15-8-9-15)16-6-4-7-18(16)24-19/h12-13,15H,4-11,14H2,1-3H3,(H,23,24). The van der Waals surface area contributed by atoms with Gasteiger partial charge in [-0.05, 0) is 70.2 Å². The van der Waals surface area contributed by atoms with Crippen molar-refractivity contribution >= 4 is 16.6 Å². The van der Waals surface area contributed by atoms with E-state index in [4.69, 9.17) is 14.5 Å². The molecule has 0 saturated heterocycles. The Morgan fingerprint density at radius 2 is 2.04 bits per heavy atom. The second-order valence-electron chi connectivity index (χ2n) is 8.12. The normalized spacial score (nSPS) is 16.0. The summed E-state index contributed by atoms with van der Waals surface area (Å²) in [5.74, 6) is 2.43. The van der Waals surface area contributed by atoms with Gasteiger partial charge in [-0.25, -0.2) is 0 Å². The first-order valence-electron chi connectivity index (χ1n) is 10.2. The van der Waals surface area contributed by atoms with Gasteiger partial charge in [0.2, 0.25) is 0 Å². The molecule has 0 aliphatic heterocycles. The van der Waals surface area contributed by atoms with Gasteiger partial charge in [0, 0.05) is 35.9 Å². The monoisotopic (exact) mass is 369 g/mol. The van der Waals surface area contributed by atoms with Crippen LogP contribution in [-0.2, 0) is 12.8 Å². The average Bonchev–Trinajstić information content (AvgIpc) is 3.37. The van der Waals surface area contributed by atoms with E-state index in [-0.39, 0.29) is 0 Å². The van der Waals surface area contributed by atoms with Gasteiger partial charge in [-0.2, -0.15) is 0 Å². The lowest BCUT2D eigenvalue weighted by molar-refractivity contribution is 0.268. The average molecular weight is 370 g/mol. The zero-order valence-corrected chi connectivity index (χ0v) is 16.8. The lowest BCUT2D eigenvalue weighted by atomic mass is 10.1. The third-order valence-electron chi connectivity index (χ3n) is 5.57. The Balaban J connectivity index is 1.65. The number of aromatic nitrogens is 1. The predicted molar refractivity (Wildman–Crippen MR) is 110 cm³/mol. The van der Waals surface area contributed by atoms with Crippen molar-refractivity contribution in [1.82, 2.24) is 9.88 Å². The Labute approximate surface area is 162 Å². The number of hydrogen-bond acceptors (Lipinski definition) is 5. The van der Waals surface area contributed by atoms with E-state index in [9.17, 15) is 0 Å². The van der Waals surface area contributed by atoms with Gasteiger partial charge < -0.3 is 19.7 Å². The largest absolute Gasteiger partial charge is 0.493 e. The lowest BCUT2D eigenvalue weighted by Crippen LogP contribution is -2.15. The van der Waals surface area contributed by atoms with Gasteiger partial charge in [0.1, 0.15) is 0 Å². The van der Waals surface area contributed by atoms with Crippen molar-refractivity contribution < 1.29 is 9.47 Å². The molecule has 4 rings (SSSR count). The predicted octanol–water partition coefficient (Wildman–Crippen LogP) is 3.88. The summed E-state index contributed by atoms with van der Waals surface area (Å²) in [4.78, 5) is 7.14. The smallest absolute Gasteiger partial charge is 0.163 e. The van der Waals surface area contributed by atoms with Crippen LogP contribution in [0.1, 0.15) is 36.9 Å². The number of ether oxygens (including phenoxy) is 2. The number of anilines is 1. The fourth-order valence-corrected chi connectivity index (χ4v) is 3.88. The van der Waals surface area contributed by atoms with E-state index < -0.39 is 0 Å². The first-order valence-corrected chi connectivity index (χ1v) is 10.2. The van der Waals surface area contributed by atoms with Crippen LogP contribution in [0, 0.1) is 5.92 Å². The molecule has 0 bridgehead atoms. The summed E-state index contributed by atoms with van der Waals surface area (Å²) in [5.41, 5.74) is 4.95. The SMILES string of the molecule is COc1cc2c(NCC3CC3)c3c(nc2cc1OCCCN(C)C)CCC3. The molecule has 146 valence electrons. The maximum atomic E-state index is 6.04. The summed E-state index contributed by atoms with van der Waals surface area (Å²) >= 11 is 0. The highest BCUT2D eigenvalue weighted by atomic mass is 16.5. The summed E-state index contributed by atoms with van der Waals surface area (Å²) in [6.45, 7) is 2.76. The van der Waals surface area contributed by atoms with Crippen molar-refractivity contribution in [2.75, 3.05) is 46.2 Å². The third-order valence-corrected chi connectivity index (χ3v) is 5.57. The maximum absolute atomic E-state index is 6.04. The second kappa shape index (κ2) is 7.93. The van der Waals surface area contributed by atoms with Crippen molar-refractivity contribution in [2.45, 2.75) is 38.5 Å². The molecule has 0 unspecified atom stereocenters. The highest BCUT2D eigenvalue weighted by molar-refractivity contribution is 5.96. The molecule has 27 heavy (non-hydrogen) atoms. The first-order chi connectivity index (χ1) is 13.2. The molecular formula is C22H31N3O2. The highest BCUT2D eigenvalue weighted by Gasteiger charge is 2.25. The molecule has 1 heterocycles. The number of hydrogen-bond donors (Lipinski definition) is 1. The van der Waals surface area contributed by atoms with E-state index in [1.54, 1.807) is 7.11 Å². The number of aryl methyl sites for hydroxylation is 1. The number of nitrogens with zero attached hydrogens (tertiary/aromatic N) is 2. The van der Waals surface area contributed by atoms with Gasteiger partial charge in [-0.15, -0.1) is 0 Å². The van der Waals surface area contributed by atoms with Crippen LogP contribution in [0.2, 0.25) is 0 Å². The minimum absolute atomic E-state index is 0.678. The molecule has 0 amide bonds. The summed E-state index contributed by atoms with van der Waals surface area (Å²) in [6.07, 6.45) is 7.09. The van der Waals surface area contributed by atoms with Crippen LogP contribution in [0.15, 0.2) is 12.1 Å². The van der Waals surface area contributed by atoms with Gasteiger partial charge in [0.25, 0.3) is 0 Å². The van der Waals surface area contributed by atoms with Gasteiger partial charge in [0.15, 0.2) is 11.5 Å². The van der Waals surface area contributed by atoms with Crippen LogP contribution in [0.5, 0.6) is 11.5 Å². The molecule has 2 aromatic rings. The Kier molecular flexibility index (Phi) is 5.39. The number of nitrogens with one attached hydrogen (secondary N) is 1. The second-order valence-corrected chi connectivity index (χ2v) is 8.12.